The van der Waals surface area contributed by atoms with Gasteiger partial charge < -0.3 is 15.5 Å². The van der Waals surface area contributed by atoms with Crippen LogP contribution >= 0.6 is 0 Å². The maximum absolute atomic E-state index is 11.9. The minimum Gasteiger partial charge on any atom is -0.480 e. The van der Waals surface area contributed by atoms with Crippen LogP contribution in [0.4, 0.5) is 0 Å². The molecule has 5 heteroatoms. The van der Waals surface area contributed by atoms with E-state index in [0.717, 1.165) is 12.8 Å². The summed E-state index contributed by atoms with van der Waals surface area (Å²) in [5.41, 5.74) is 0. The Kier molecular flexibility index (Phi) is 3.66. The van der Waals surface area contributed by atoms with Gasteiger partial charge in [-0.1, -0.05) is 12.8 Å². The zero-order valence-electron chi connectivity index (χ0n) is 9.76. The summed E-state index contributed by atoms with van der Waals surface area (Å²) in [6.07, 6.45) is 4.64. The molecule has 0 bridgehead atoms. The van der Waals surface area contributed by atoms with Gasteiger partial charge >= 0.3 is 5.97 Å². The molecule has 2 unspecified atom stereocenters. The highest BCUT2D eigenvalue weighted by atomic mass is 16.4. The van der Waals surface area contributed by atoms with Crippen LogP contribution in [0.5, 0.6) is 0 Å². The van der Waals surface area contributed by atoms with Crippen LogP contribution in [-0.2, 0) is 9.59 Å². The summed E-state index contributed by atoms with van der Waals surface area (Å²) in [5.74, 6) is -0.226. The fourth-order valence-corrected chi connectivity index (χ4v) is 3.04. The van der Waals surface area contributed by atoms with E-state index in [-0.39, 0.29) is 24.9 Å². The van der Waals surface area contributed by atoms with Crippen molar-refractivity contribution in [3.8, 4) is 0 Å². The molecule has 2 rings (SSSR count). The van der Waals surface area contributed by atoms with Gasteiger partial charge in [-0.2, -0.15) is 0 Å². The molecule has 96 valence electrons. The second-order valence-corrected chi connectivity index (χ2v) is 5.05. The van der Waals surface area contributed by atoms with Crippen LogP contribution in [0.1, 0.15) is 32.1 Å². The Morgan fingerprint density at radius 2 is 1.82 bits per heavy atom. The van der Waals surface area contributed by atoms with Gasteiger partial charge in [0.25, 0.3) is 0 Å². The molecule has 0 aliphatic heterocycles. The van der Waals surface area contributed by atoms with Crippen LogP contribution in [0, 0.1) is 17.8 Å². The van der Waals surface area contributed by atoms with E-state index in [9.17, 15) is 9.59 Å². The summed E-state index contributed by atoms with van der Waals surface area (Å²) in [6, 6.07) is -0.949. The zero-order chi connectivity index (χ0) is 12.4. The highest BCUT2D eigenvalue weighted by molar-refractivity contribution is 5.87. The Bertz CT molecular complexity index is 306. The van der Waals surface area contributed by atoms with Gasteiger partial charge in [0.15, 0.2) is 0 Å². The second-order valence-electron chi connectivity index (χ2n) is 5.05. The van der Waals surface area contributed by atoms with Crippen LogP contribution in [0.25, 0.3) is 0 Å². The molecule has 0 heterocycles. The van der Waals surface area contributed by atoms with Gasteiger partial charge in [0.05, 0.1) is 0 Å². The van der Waals surface area contributed by atoms with E-state index in [1.54, 1.807) is 0 Å². The molecule has 2 aliphatic carbocycles. The minimum absolute atomic E-state index is 0.0260. The lowest BCUT2D eigenvalue weighted by molar-refractivity contribution is -0.142. The molecular formula is C12H19NO4. The molecule has 0 spiro atoms. The Morgan fingerprint density at radius 1 is 1.24 bits per heavy atom. The number of aliphatic hydroxyl groups is 1. The SMILES string of the molecule is O=C(N[C@H](CCO)C(=O)O)C1C2CCCCC21. The maximum Gasteiger partial charge on any atom is 0.326 e. The lowest BCUT2D eigenvalue weighted by Crippen LogP contribution is -2.42. The van der Waals surface area contributed by atoms with Gasteiger partial charge in [0, 0.05) is 18.9 Å². The molecule has 17 heavy (non-hydrogen) atoms. The van der Waals surface area contributed by atoms with E-state index in [1.165, 1.54) is 12.8 Å². The number of hydrogen-bond acceptors (Lipinski definition) is 3. The van der Waals surface area contributed by atoms with E-state index in [2.05, 4.69) is 5.32 Å². The minimum atomic E-state index is -1.07. The molecule has 2 aliphatic rings. The highest BCUT2D eigenvalue weighted by Crippen LogP contribution is 2.55. The number of nitrogens with one attached hydrogen (secondary N) is 1. The van der Waals surface area contributed by atoms with E-state index in [4.69, 9.17) is 10.2 Å². The molecule has 0 radical (unpaired) electrons. The number of aliphatic carboxylic acids is 1. The monoisotopic (exact) mass is 241 g/mol. The van der Waals surface area contributed by atoms with Crippen molar-refractivity contribution < 1.29 is 19.8 Å². The van der Waals surface area contributed by atoms with Gasteiger partial charge in [0.1, 0.15) is 6.04 Å². The third-order valence-corrected chi connectivity index (χ3v) is 3.99. The van der Waals surface area contributed by atoms with Crippen molar-refractivity contribution in [1.82, 2.24) is 5.32 Å². The lowest BCUT2D eigenvalue weighted by Gasteiger charge is -2.13. The Balaban J connectivity index is 1.86. The number of carbonyl (C=O) groups is 2. The van der Waals surface area contributed by atoms with Crippen LogP contribution < -0.4 is 5.32 Å². The normalized spacial score (nSPS) is 32.4. The number of fused-ring (bicyclic) bond motifs is 1. The summed E-state index contributed by atoms with van der Waals surface area (Å²) in [6.45, 7) is -0.227. The largest absolute Gasteiger partial charge is 0.480 e. The van der Waals surface area contributed by atoms with Gasteiger partial charge in [-0.05, 0) is 24.7 Å². The van der Waals surface area contributed by atoms with Crippen LogP contribution in [0.2, 0.25) is 0 Å². The van der Waals surface area contributed by atoms with Gasteiger partial charge in [-0.25, -0.2) is 4.79 Å². The van der Waals surface area contributed by atoms with Gasteiger partial charge in [0.2, 0.25) is 5.91 Å². The van der Waals surface area contributed by atoms with Crippen molar-refractivity contribution >= 4 is 11.9 Å². The fraction of sp³-hybridized carbons (Fsp3) is 0.833. The molecule has 0 aromatic heterocycles. The van der Waals surface area contributed by atoms with Crippen molar-refractivity contribution in [2.75, 3.05) is 6.61 Å². The number of carbonyl (C=O) groups excluding carboxylic acids is 1. The standard InChI is InChI=1S/C12H19NO4/c14-6-5-9(12(16)17)13-11(15)10-7-3-1-2-4-8(7)10/h7-10,14H,1-6H2,(H,13,15)(H,16,17)/t7?,8?,9-,10?/m1/s1. The summed E-state index contributed by atoms with van der Waals surface area (Å²) in [4.78, 5) is 22.8. The predicted molar refractivity (Wildman–Crippen MR) is 60.2 cm³/mol. The highest BCUT2D eigenvalue weighted by Gasteiger charge is 2.54. The average molecular weight is 241 g/mol. The van der Waals surface area contributed by atoms with E-state index in [0.29, 0.717) is 11.8 Å². The quantitative estimate of drug-likeness (QED) is 0.649. The maximum atomic E-state index is 11.9. The number of carboxylic acid groups (broad SMARTS) is 1. The predicted octanol–water partition coefficient (Wildman–Crippen LogP) is 0.374. The van der Waals surface area contributed by atoms with Crippen molar-refractivity contribution in [1.29, 1.82) is 0 Å². The van der Waals surface area contributed by atoms with E-state index >= 15 is 0 Å². The molecule has 0 aromatic carbocycles. The molecule has 1 amide bonds. The summed E-state index contributed by atoms with van der Waals surface area (Å²) in [5, 5.41) is 20.2. The molecular weight excluding hydrogens is 222 g/mol. The molecule has 3 N–H and O–H groups in total. The number of hydrogen-bond donors (Lipinski definition) is 3. The molecule has 2 saturated carbocycles. The zero-order valence-corrected chi connectivity index (χ0v) is 9.76. The van der Waals surface area contributed by atoms with Gasteiger partial charge in [-0.15, -0.1) is 0 Å². The molecule has 0 saturated heterocycles. The van der Waals surface area contributed by atoms with Crippen LogP contribution in [-0.4, -0.2) is 34.7 Å². The Labute approximate surface area is 100 Å². The summed E-state index contributed by atoms with van der Waals surface area (Å²) >= 11 is 0. The van der Waals surface area contributed by atoms with Crippen molar-refractivity contribution in [2.45, 2.75) is 38.1 Å². The molecule has 0 aromatic rings. The molecule has 2 fully saturated rings. The first-order valence-electron chi connectivity index (χ1n) is 6.29. The average Bonchev–Trinajstić information content (AvgIpc) is 3.02. The molecule has 5 nitrogen and oxygen atoms in total. The molecule has 3 atom stereocenters. The van der Waals surface area contributed by atoms with Crippen molar-refractivity contribution in [3.05, 3.63) is 0 Å². The smallest absolute Gasteiger partial charge is 0.326 e. The fourth-order valence-electron chi connectivity index (χ4n) is 3.04. The van der Waals surface area contributed by atoms with Crippen LogP contribution in [0.3, 0.4) is 0 Å². The second kappa shape index (κ2) is 5.04. The van der Waals surface area contributed by atoms with E-state index < -0.39 is 12.0 Å². The lowest BCUT2D eigenvalue weighted by atomic mass is 10.0. The van der Waals surface area contributed by atoms with Crippen LogP contribution in [0.15, 0.2) is 0 Å². The first-order chi connectivity index (χ1) is 8.15. The Hall–Kier alpha value is -1.10. The Morgan fingerprint density at radius 3 is 2.29 bits per heavy atom. The topological polar surface area (TPSA) is 86.6 Å². The van der Waals surface area contributed by atoms with E-state index in [1.807, 2.05) is 0 Å². The summed E-state index contributed by atoms with van der Waals surface area (Å²) < 4.78 is 0. The first kappa shape index (κ1) is 12.4. The summed E-state index contributed by atoms with van der Waals surface area (Å²) in [7, 11) is 0. The number of carboxylic acids is 1. The third-order valence-electron chi connectivity index (χ3n) is 3.99. The van der Waals surface area contributed by atoms with Crippen molar-refractivity contribution in [2.24, 2.45) is 17.8 Å². The number of rotatable bonds is 5. The number of amides is 1. The third kappa shape index (κ3) is 2.60. The van der Waals surface area contributed by atoms with Crippen molar-refractivity contribution in [3.63, 3.8) is 0 Å². The first-order valence-corrected chi connectivity index (χ1v) is 6.29. The number of aliphatic hydroxyl groups excluding tert-OH is 1. The van der Waals surface area contributed by atoms with Gasteiger partial charge in [-0.3, -0.25) is 4.79 Å².